The van der Waals surface area contributed by atoms with Crippen molar-refractivity contribution in [2.24, 2.45) is 0 Å². The van der Waals surface area contributed by atoms with Gasteiger partial charge in [0.05, 0.1) is 0 Å². The first-order chi connectivity index (χ1) is 6.49. The summed E-state index contributed by atoms with van der Waals surface area (Å²) in [6.07, 6.45) is 3.81. The molecule has 4 heteroatoms. The molecular formula is C10H14O4. The molecule has 14 heavy (non-hydrogen) atoms. The third kappa shape index (κ3) is 4.45. The fourth-order valence-electron chi connectivity index (χ4n) is 0.828. The smallest absolute Gasteiger partial charge is 0.331 e. The number of hydrogen-bond acceptors (Lipinski definition) is 2. The average molecular weight is 198 g/mol. The molecule has 0 saturated carbocycles. The zero-order valence-electron chi connectivity index (χ0n) is 8.28. The van der Waals surface area contributed by atoms with Gasteiger partial charge in [-0.2, -0.15) is 0 Å². The van der Waals surface area contributed by atoms with E-state index in [2.05, 4.69) is 0 Å². The van der Waals surface area contributed by atoms with Gasteiger partial charge in [0, 0.05) is 11.1 Å². The van der Waals surface area contributed by atoms with Crippen LogP contribution in [0.5, 0.6) is 0 Å². The van der Waals surface area contributed by atoms with Crippen molar-refractivity contribution >= 4 is 11.9 Å². The SMILES string of the molecule is CCCC(=CC=C(C)C(=O)O)C(=O)O. The van der Waals surface area contributed by atoms with Crippen LogP contribution in [0.1, 0.15) is 26.7 Å². The van der Waals surface area contributed by atoms with Gasteiger partial charge in [-0.15, -0.1) is 0 Å². The molecular weight excluding hydrogens is 184 g/mol. The van der Waals surface area contributed by atoms with Crippen LogP contribution in [0.25, 0.3) is 0 Å². The van der Waals surface area contributed by atoms with Crippen molar-refractivity contribution in [1.82, 2.24) is 0 Å². The third-order valence-corrected chi connectivity index (χ3v) is 1.67. The lowest BCUT2D eigenvalue weighted by Gasteiger charge is -1.97. The number of carboxylic acids is 2. The van der Waals surface area contributed by atoms with E-state index < -0.39 is 11.9 Å². The molecule has 4 nitrogen and oxygen atoms in total. The van der Waals surface area contributed by atoms with Crippen LogP contribution in [0, 0.1) is 0 Å². The van der Waals surface area contributed by atoms with E-state index in [1.54, 1.807) is 0 Å². The van der Waals surface area contributed by atoms with Gasteiger partial charge >= 0.3 is 11.9 Å². The number of carboxylic acid groups (broad SMARTS) is 2. The number of rotatable bonds is 5. The van der Waals surface area contributed by atoms with E-state index in [0.717, 1.165) is 6.42 Å². The first-order valence-electron chi connectivity index (χ1n) is 4.33. The third-order valence-electron chi connectivity index (χ3n) is 1.67. The second-order valence-corrected chi connectivity index (χ2v) is 2.90. The Labute approximate surface area is 82.6 Å². The fraction of sp³-hybridized carbons (Fsp3) is 0.400. The van der Waals surface area contributed by atoms with Crippen molar-refractivity contribution in [3.8, 4) is 0 Å². The highest BCUT2D eigenvalue weighted by atomic mass is 16.4. The zero-order valence-corrected chi connectivity index (χ0v) is 8.28. The maximum absolute atomic E-state index is 10.6. The van der Waals surface area contributed by atoms with Crippen molar-refractivity contribution in [3.63, 3.8) is 0 Å². The molecule has 0 aromatic heterocycles. The van der Waals surface area contributed by atoms with Crippen LogP contribution in [-0.4, -0.2) is 22.2 Å². The number of allylic oxidation sites excluding steroid dienone is 2. The van der Waals surface area contributed by atoms with Gasteiger partial charge in [-0.25, -0.2) is 9.59 Å². The van der Waals surface area contributed by atoms with Gasteiger partial charge in [-0.05, 0) is 13.3 Å². The molecule has 0 heterocycles. The first kappa shape index (κ1) is 12.4. The molecule has 0 amide bonds. The lowest BCUT2D eigenvalue weighted by atomic mass is 10.1. The number of hydrogen-bond donors (Lipinski definition) is 2. The Morgan fingerprint density at radius 2 is 1.71 bits per heavy atom. The van der Waals surface area contributed by atoms with Crippen molar-refractivity contribution < 1.29 is 19.8 Å². The van der Waals surface area contributed by atoms with E-state index >= 15 is 0 Å². The second kappa shape index (κ2) is 5.96. The van der Waals surface area contributed by atoms with Crippen LogP contribution in [0.3, 0.4) is 0 Å². The molecule has 0 aromatic carbocycles. The topological polar surface area (TPSA) is 74.6 Å². The molecule has 0 unspecified atom stereocenters. The molecule has 0 aromatic rings. The minimum absolute atomic E-state index is 0.125. The Morgan fingerprint density at radius 3 is 2.07 bits per heavy atom. The Hall–Kier alpha value is -1.58. The summed E-state index contributed by atoms with van der Waals surface area (Å²) >= 11 is 0. The van der Waals surface area contributed by atoms with Gasteiger partial charge in [0.25, 0.3) is 0 Å². The van der Waals surface area contributed by atoms with Crippen molar-refractivity contribution in [2.45, 2.75) is 26.7 Å². The summed E-state index contributed by atoms with van der Waals surface area (Å²) in [5.41, 5.74) is 0.355. The second-order valence-electron chi connectivity index (χ2n) is 2.90. The maximum atomic E-state index is 10.6. The van der Waals surface area contributed by atoms with Gasteiger partial charge in [-0.1, -0.05) is 25.5 Å². The van der Waals surface area contributed by atoms with Crippen LogP contribution in [0.2, 0.25) is 0 Å². The molecule has 0 saturated heterocycles. The summed E-state index contributed by atoms with van der Waals surface area (Å²) in [6, 6.07) is 0. The molecule has 0 atom stereocenters. The molecule has 0 fully saturated rings. The molecule has 0 aliphatic rings. The molecule has 0 bridgehead atoms. The first-order valence-corrected chi connectivity index (χ1v) is 4.33. The van der Waals surface area contributed by atoms with Crippen molar-refractivity contribution in [1.29, 1.82) is 0 Å². The quantitative estimate of drug-likeness (QED) is 0.522. The van der Waals surface area contributed by atoms with Crippen LogP contribution < -0.4 is 0 Å². The maximum Gasteiger partial charge on any atom is 0.331 e. The fourth-order valence-corrected chi connectivity index (χ4v) is 0.828. The highest BCUT2D eigenvalue weighted by Crippen LogP contribution is 2.06. The molecule has 0 radical (unpaired) electrons. The van der Waals surface area contributed by atoms with Crippen LogP contribution in [-0.2, 0) is 9.59 Å². The zero-order chi connectivity index (χ0) is 11.1. The van der Waals surface area contributed by atoms with Gasteiger partial charge in [0.1, 0.15) is 0 Å². The largest absolute Gasteiger partial charge is 0.478 e. The van der Waals surface area contributed by atoms with Gasteiger partial charge in [-0.3, -0.25) is 0 Å². The van der Waals surface area contributed by atoms with E-state index in [1.165, 1.54) is 19.1 Å². The van der Waals surface area contributed by atoms with Gasteiger partial charge < -0.3 is 10.2 Å². The van der Waals surface area contributed by atoms with Gasteiger partial charge in [0.2, 0.25) is 0 Å². The minimum Gasteiger partial charge on any atom is -0.478 e. The standard InChI is InChI=1S/C10H14O4/c1-3-4-8(10(13)14)6-5-7(2)9(11)12/h5-6H,3-4H2,1-2H3,(H,11,12)(H,13,14). The predicted molar refractivity (Wildman–Crippen MR) is 52.0 cm³/mol. The summed E-state index contributed by atoms with van der Waals surface area (Å²) in [7, 11) is 0. The predicted octanol–water partition coefficient (Wildman–Crippen LogP) is 1.83. The van der Waals surface area contributed by atoms with Crippen LogP contribution in [0.4, 0.5) is 0 Å². The van der Waals surface area contributed by atoms with E-state index in [1.807, 2.05) is 6.92 Å². The highest BCUT2D eigenvalue weighted by Gasteiger charge is 2.04. The molecule has 0 aliphatic carbocycles. The van der Waals surface area contributed by atoms with Crippen LogP contribution in [0.15, 0.2) is 23.3 Å². The van der Waals surface area contributed by atoms with E-state index in [-0.39, 0.29) is 11.1 Å². The summed E-state index contributed by atoms with van der Waals surface area (Å²) in [5, 5.41) is 17.2. The van der Waals surface area contributed by atoms with Gasteiger partial charge in [0.15, 0.2) is 0 Å². The molecule has 0 rings (SSSR count). The Balaban J connectivity index is 4.67. The number of carbonyl (C=O) groups is 2. The lowest BCUT2D eigenvalue weighted by molar-refractivity contribution is -0.133. The number of aliphatic carboxylic acids is 2. The summed E-state index contributed by atoms with van der Waals surface area (Å²) < 4.78 is 0. The normalized spacial score (nSPS) is 12.7. The van der Waals surface area contributed by atoms with E-state index in [4.69, 9.17) is 10.2 Å². The molecule has 2 N–H and O–H groups in total. The van der Waals surface area contributed by atoms with E-state index in [9.17, 15) is 9.59 Å². The van der Waals surface area contributed by atoms with Crippen molar-refractivity contribution in [3.05, 3.63) is 23.3 Å². The Morgan fingerprint density at radius 1 is 1.14 bits per heavy atom. The summed E-state index contributed by atoms with van der Waals surface area (Å²) in [4.78, 5) is 21.0. The molecule has 0 spiro atoms. The summed E-state index contributed by atoms with van der Waals surface area (Å²) in [5.74, 6) is -2.04. The lowest BCUT2D eigenvalue weighted by Crippen LogP contribution is -2.00. The minimum atomic E-state index is -1.04. The highest BCUT2D eigenvalue weighted by molar-refractivity contribution is 5.89. The summed E-state index contributed by atoms with van der Waals surface area (Å²) in [6.45, 7) is 3.29. The van der Waals surface area contributed by atoms with E-state index in [0.29, 0.717) is 6.42 Å². The van der Waals surface area contributed by atoms with Crippen molar-refractivity contribution in [2.75, 3.05) is 0 Å². The average Bonchev–Trinajstić information content (AvgIpc) is 2.10. The molecule has 0 aliphatic heterocycles. The monoisotopic (exact) mass is 198 g/mol. The Kier molecular flexibility index (Phi) is 5.29. The molecule has 78 valence electrons. The Bertz CT molecular complexity index is 286. The van der Waals surface area contributed by atoms with Crippen LogP contribution >= 0.6 is 0 Å².